The van der Waals surface area contributed by atoms with Gasteiger partial charge in [0.1, 0.15) is 6.10 Å². The summed E-state index contributed by atoms with van der Waals surface area (Å²) in [6, 6.07) is 0. The van der Waals surface area contributed by atoms with E-state index in [1.807, 2.05) is 0 Å². The average molecular weight is 425 g/mol. The molecule has 0 aliphatic carbocycles. The molecule has 0 heterocycles. The summed E-state index contributed by atoms with van der Waals surface area (Å²) in [7, 11) is 0. The number of alkyl halides is 13. The van der Waals surface area contributed by atoms with Crippen molar-refractivity contribution in [1.29, 1.82) is 0 Å². The molecule has 0 bridgehead atoms. The molecule has 0 radical (unpaired) electrons. The van der Waals surface area contributed by atoms with Crippen molar-refractivity contribution < 1.29 is 67.7 Å². The molecule has 2 N–H and O–H groups in total. The van der Waals surface area contributed by atoms with Gasteiger partial charge in [-0.15, -0.1) is 0 Å². The molecule has 16 heteroatoms. The van der Waals surface area contributed by atoms with Crippen LogP contribution in [0.15, 0.2) is 0 Å². The zero-order chi connectivity index (χ0) is 20.9. The number of aldehydes is 1. The number of halogens is 13. The van der Waals surface area contributed by atoms with Crippen molar-refractivity contribution in [2.45, 2.75) is 47.2 Å². The zero-order valence-corrected chi connectivity index (χ0v) is 11.7. The van der Waals surface area contributed by atoms with Crippen molar-refractivity contribution in [2.24, 2.45) is 0 Å². The Bertz CT molecular complexity index is 503. The molecule has 0 aromatic carbocycles. The molecular formula is C9H5ClF12O3. The molecule has 0 aromatic heterocycles. The van der Waals surface area contributed by atoms with E-state index in [0.717, 1.165) is 0 Å². The number of hydrogen-bond donors (Lipinski definition) is 2. The van der Waals surface area contributed by atoms with Crippen molar-refractivity contribution in [3.05, 3.63) is 0 Å². The Hall–Kier alpha value is -0.960. The summed E-state index contributed by atoms with van der Waals surface area (Å²) < 4.78 is 154. The fourth-order valence-electron chi connectivity index (χ4n) is 1.26. The van der Waals surface area contributed by atoms with Gasteiger partial charge in [0, 0.05) is 0 Å². The van der Waals surface area contributed by atoms with Gasteiger partial charge in [-0.1, -0.05) is 0 Å². The highest BCUT2D eigenvalue weighted by molar-refractivity contribution is 6.22. The summed E-state index contributed by atoms with van der Waals surface area (Å²) >= 11 is 3.45. The lowest BCUT2D eigenvalue weighted by Gasteiger charge is -2.41. The van der Waals surface area contributed by atoms with E-state index < -0.39 is 53.5 Å². The molecule has 0 aliphatic rings. The van der Waals surface area contributed by atoms with Gasteiger partial charge in [-0.05, 0) is 11.6 Å². The highest BCUT2D eigenvalue weighted by Crippen LogP contribution is 2.61. The predicted molar refractivity (Wildman–Crippen MR) is 53.6 cm³/mol. The minimum atomic E-state index is -7.94. The van der Waals surface area contributed by atoms with Gasteiger partial charge in [-0.3, -0.25) is 0 Å². The maximum atomic E-state index is 13.2. The molecule has 0 aliphatic heterocycles. The molecule has 0 amide bonds. The van der Waals surface area contributed by atoms with Crippen molar-refractivity contribution in [1.82, 2.24) is 0 Å². The van der Waals surface area contributed by atoms with E-state index >= 15 is 0 Å². The van der Waals surface area contributed by atoms with Crippen LogP contribution >= 0.6 is 11.6 Å². The van der Waals surface area contributed by atoms with Crippen molar-refractivity contribution in [3.8, 4) is 0 Å². The monoisotopic (exact) mass is 424 g/mol. The number of aliphatic hydroxyl groups excluding tert-OH is 2. The first kappa shape index (κ1) is 24.0. The third-order valence-electron chi connectivity index (χ3n) is 2.79. The maximum absolute atomic E-state index is 13.2. The van der Waals surface area contributed by atoms with Crippen LogP contribution in [-0.2, 0) is 4.79 Å². The number of rotatable bonds is 8. The van der Waals surface area contributed by atoms with E-state index in [1.165, 1.54) is 0 Å². The molecule has 0 fully saturated rings. The van der Waals surface area contributed by atoms with Crippen molar-refractivity contribution in [2.75, 3.05) is 0 Å². The number of aliphatic hydroxyl groups is 2. The molecule has 150 valence electrons. The van der Waals surface area contributed by atoms with Crippen molar-refractivity contribution >= 4 is 17.9 Å². The molecular weight excluding hydrogens is 420 g/mol. The summed E-state index contributed by atoms with van der Waals surface area (Å²) in [4.78, 5) is 9.90. The summed E-state index contributed by atoms with van der Waals surface area (Å²) in [5.41, 5.74) is 0. The summed E-state index contributed by atoms with van der Waals surface area (Å²) in [5.74, 6) is -37.8. The molecule has 0 saturated carbocycles. The minimum Gasteiger partial charge on any atom is -0.383 e. The van der Waals surface area contributed by atoms with Gasteiger partial charge >= 0.3 is 35.0 Å². The van der Waals surface area contributed by atoms with Crippen LogP contribution < -0.4 is 0 Å². The van der Waals surface area contributed by atoms with Crippen LogP contribution in [0.1, 0.15) is 0 Å². The van der Waals surface area contributed by atoms with Crippen LogP contribution in [0.2, 0.25) is 0 Å². The first-order chi connectivity index (χ1) is 10.6. The minimum absolute atomic E-state index is 1.10. The Morgan fingerprint density at radius 3 is 1.28 bits per heavy atom. The third kappa shape index (κ3) is 3.25. The highest BCUT2D eigenvalue weighted by Gasteiger charge is 2.90. The van der Waals surface area contributed by atoms with E-state index in [1.54, 1.807) is 0 Å². The van der Waals surface area contributed by atoms with Gasteiger partial charge in [0.15, 0.2) is 12.4 Å². The van der Waals surface area contributed by atoms with Crippen LogP contribution in [0, 0.1) is 0 Å². The second-order valence-corrected chi connectivity index (χ2v) is 4.96. The second kappa shape index (κ2) is 6.33. The van der Waals surface area contributed by atoms with Crippen LogP contribution in [0.5, 0.6) is 0 Å². The molecule has 0 unspecified atom stereocenters. The summed E-state index contributed by atoms with van der Waals surface area (Å²) in [6.45, 7) is 0. The molecule has 0 rings (SSSR count). The van der Waals surface area contributed by atoms with Gasteiger partial charge < -0.3 is 15.0 Å². The largest absolute Gasteiger partial charge is 0.393 e. The van der Waals surface area contributed by atoms with E-state index in [0.29, 0.717) is 0 Å². The Labute approximate surface area is 134 Å². The molecule has 0 saturated heterocycles. The van der Waals surface area contributed by atoms with E-state index in [9.17, 15) is 57.5 Å². The van der Waals surface area contributed by atoms with Crippen LogP contribution in [0.4, 0.5) is 52.7 Å². The summed E-state index contributed by atoms with van der Waals surface area (Å²) in [5, 5.41) is 10.4. The lowest BCUT2D eigenvalue weighted by Crippen LogP contribution is -2.72. The van der Waals surface area contributed by atoms with Gasteiger partial charge in [0.25, 0.3) is 0 Å². The van der Waals surface area contributed by atoms with E-state index in [4.69, 9.17) is 10.2 Å². The fraction of sp³-hybridized carbons (Fsp3) is 0.889. The fourth-order valence-corrected chi connectivity index (χ4v) is 1.37. The van der Waals surface area contributed by atoms with Gasteiger partial charge in [-0.25, -0.2) is 0 Å². The standard InChI is InChI=1S/C9H5ClF12O3/c10-9(21,22)8(19,20)7(17,18)6(15,16)5(13,14)4(11,12)3(25)2(24)1-23/h1-3,24-25H/t2-,3+/m0/s1. The number of carbonyl (C=O) groups excluding carboxylic acids is 1. The highest BCUT2D eigenvalue weighted by atomic mass is 35.5. The first-order valence-corrected chi connectivity index (χ1v) is 5.79. The van der Waals surface area contributed by atoms with Crippen LogP contribution in [-0.4, -0.2) is 63.7 Å². The number of hydrogen-bond acceptors (Lipinski definition) is 3. The van der Waals surface area contributed by atoms with Gasteiger partial charge in [-0.2, -0.15) is 52.7 Å². The topological polar surface area (TPSA) is 57.5 Å². The normalized spacial score (nSPS) is 18.0. The average Bonchev–Trinajstić information content (AvgIpc) is 2.43. The van der Waals surface area contributed by atoms with Crippen LogP contribution in [0.25, 0.3) is 0 Å². The summed E-state index contributed by atoms with van der Waals surface area (Å²) in [6.07, 6.45) is -9.13. The predicted octanol–water partition coefficient (Wildman–Crippen LogP) is 2.92. The third-order valence-corrected chi connectivity index (χ3v) is 3.03. The zero-order valence-electron chi connectivity index (χ0n) is 10.9. The quantitative estimate of drug-likeness (QED) is 0.358. The van der Waals surface area contributed by atoms with E-state index in [2.05, 4.69) is 11.6 Å². The van der Waals surface area contributed by atoms with E-state index in [-0.39, 0.29) is 0 Å². The first-order valence-electron chi connectivity index (χ1n) is 5.41. The molecule has 0 aromatic rings. The lowest BCUT2D eigenvalue weighted by molar-refractivity contribution is -0.425. The smallest absolute Gasteiger partial charge is 0.383 e. The Kier molecular flexibility index (Phi) is 6.09. The molecule has 3 nitrogen and oxygen atoms in total. The molecule has 2 atom stereocenters. The molecule has 25 heavy (non-hydrogen) atoms. The molecule has 0 spiro atoms. The van der Waals surface area contributed by atoms with Gasteiger partial charge in [0.05, 0.1) is 0 Å². The SMILES string of the molecule is O=C[C@H](O)[C@@H](O)C(F)(F)C(F)(F)C(F)(F)C(F)(F)C(F)(F)C(F)(F)Cl. The Balaban J connectivity index is 6.34. The Morgan fingerprint density at radius 1 is 0.680 bits per heavy atom. The number of carbonyl (C=O) groups is 1. The maximum Gasteiger partial charge on any atom is 0.393 e. The second-order valence-electron chi connectivity index (χ2n) is 4.49. The van der Waals surface area contributed by atoms with Gasteiger partial charge in [0.2, 0.25) is 0 Å². The Morgan fingerprint density at radius 2 is 1.00 bits per heavy atom. The van der Waals surface area contributed by atoms with Crippen molar-refractivity contribution in [3.63, 3.8) is 0 Å². The lowest BCUT2D eigenvalue weighted by atomic mass is 9.90. The van der Waals surface area contributed by atoms with Crippen LogP contribution in [0.3, 0.4) is 0 Å².